The van der Waals surface area contributed by atoms with Crippen LogP contribution < -0.4 is 9.47 Å². The second-order valence-electron chi connectivity index (χ2n) is 8.45. The first-order valence-corrected chi connectivity index (χ1v) is 11.9. The molecule has 0 fully saturated rings. The van der Waals surface area contributed by atoms with E-state index in [1.54, 1.807) is 0 Å². The number of aromatic nitrogens is 2. The van der Waals surface area contributed by atoms with Crippen molar-refractivity contribution in [2.45, 2.75) is 25.8 Å². The molecule has 2 heterocycles. The molecule has 5 aromatic rings. The molecule has 0 unspecified atom stereocenters. The van der Waals surface area contributed by atoms with Crippen molar-refractivity contribution in [3.8, 4) is 17.2 Å². The molecule has 0 radical (unpaired) electrons. The second-order valence-corrected chi connectivity index (χ2v) is 8.45. The maximum atomic E-state index is 11.2. The van der Waals surface area contributed by atoms with E-state index in [0.29, 0.717) is 19.8 Å². The van der Waals surface area contributed by atoms with E-state index in [0.717, 1.165) is 51.8 Å². The Balaban J connectivity index is 1.19. The van der Waals surface area contributed by atoms with Crippen LogP contribution in [0.5, 0.6) is 11.5 Å². The average Bonchev–Trinajstić information content (AvgIpc) is 3.51. The largest absolute Gasteiger partial charge is 0.494 e. The summed E-state index contributed by atoms with van der Waals surface area (Å²) in [5.41, 5.74) is 3.06. The maximum absolute atomic E-state index is 11.2. The number of carboxylic acid groups (broad SMARTS) is 1. The second kappa shape index (κ2) is 10.4. The summed E-state index contributed by atoms with van der Waals surface area (Å²) in [5, 5.41) is 11.4. The Kier molecular flexibility index (Phi) is 6.70. The van der Waals surface area contributed by atoms with E-state index < -0.39 is 5.97 Å². The minimum absolute atomic E-state index is 0.0757. The Labute approximate surface area is 203 Å². The van der Waals surface area contributed by atoms with Gasteiger partial charge in [0.1, 0.15) is 11.5 Å². The number of aliphatic carboxylic acids is 1. The average molecular weight is 469 g/mol. The Hall–Kier alpha value is -4.19. The first-order chi connectivity index (χ1) is 17.2. The fourth-order valence-corrected chi connectivity index (χ4v) is 4.43. The van der Waals surface area contributed by atoms with Gasteiger partial charge in [-0.3, -0.25) is 4.79 Å². The van der Waals surface area contributed by atoms with Crippen LogP contribution in [0.25, 0.3) is 27.5 Å². The van der Waals surface area contributed by atoms with Gasteiger partial charge in [-0.25, -0.2) is 0 Å². The molecule has 0 aliphatic carbocycles. The molecule has 0 aliphatic heterocycles. The third kappa shape index (κ3) is 5.01. The summed E-state index contributed by atoms with van der Waals surface area (Å²) in [6.45, 7) is 1.62. The highest BCUT2D eigenvalue weighted by Gasteiger charge is 2.12. The van der Waals surface area contributed by atoms with Crippen molar-refractivity contribution in [2.75, 3.05) is 13.2 Å². The van der Waals surface area contributed by atoms with Crippen molar-refractivity contribution in [1.82, 2.24) is 9.13 Å². The summed E-state index contributed by atoms with van der Waals surface area (Å²) >= 11 is 0. The van der Waals surface area contributed by atoms with E-state index in [1.165, 1.54) is 0 Å². The Morgan fingerprint density at radius 2 is 1.49 bits per heavy atom. The smallest absolute Gasteiger partial charge is 0.305 e. The standard InChI is InChI=1S/C29H28N2O4/c32-29(33)15-18-31-25-10-2-1-9-23(25)24-14-13-22(21-27(24)31)34-19-7-8-20-35-28-12-4-3-11-26(28)30-16-5-6-17-30/h1-6,9-14,16-17,21H,7-8,15,18-20H2,(H,32,33). The van der Waals surface area contributed by atoms with E-state index in [-0.39, 0.29) is 6.42 Å². The summed E-state index contributed by atoms with van der Waals surface area (Å²) in [6.07, 6.45) is 5.83. The molecule has 0 amide bonds. The minimum atomic E-state index is -0.804. The van der Waals surface area contributed by atoms with E-state index in [4.69, 9.17) is 9.47 Å². The van der Waals surface area contributed by atoms with Crippen molar-refractivity contribution in [1.29, 1.82) is 0 Å². The van der Waals surface area contributed by atoms with E-state index in [2.05, 4.69) is 16.7 Å². The Morgan fingerprint density at radius 3 is 2.31 bits per heavy atom. The van der Waals surface area contributed by atoms with Gasteiger partial charge in [0, 0.05) is 41.3 Å². The zero-order valence-corrected chi connectivity index (χ0v) is 19.5. The summed E-state index contributed by atoms with van der Waals surface area (Å²) in [5.74, 6) is 0.849. The normalized spacial score (nSPS) is 11.2. The molecule has 2 aromatic heterocycles. The zero-order valence-electron chi connectivity index (χ0n) is 19.5. The van der Waals surface area contributed by atoms with Crippen molar-refractivity contribution < 1.29 is 19.4 Å². The van der Waals surface area contributed by atoms with Crippen LogP contribution in [0.4, 0.5) is 0 Å². The monoisotopic (exact) mass is 468 g/mol. The number of para-hydroxylation sites is 3. The third-order valence-electron chi connectivity index (χ3n) is 6.11. The molecular formula is C29H28N2O4. The van der Waals surface area contributed by atoms with Crippen LogP contribution in [-0.2, 0) is 11.3 Å². The molecular weight excluding hydrogens is 440 g/mol. The van der Waals surface area contributed by atoms with Gasteiger partial charge in [0.15, 0.2) is 0 Å². The Morgan fingerprint density at radius 1 is 0.771 bits per heavy atom. The van der Waals surface area contributed by atoms with Crippen molar-refractivity contribution in [3.05, 3.63) is 91.3 Å². The molecule has 0 bridgehead atoms. The molecule has 35 heavy (non-hydrogen) atoms. The van der Waals surface area contributed by atoms with Gasteiger partial charge in [-0.05, 0) is 55.3 Å². The molecule has 6 heteroatoms. The molecule has 1 N–H and O–H groups in total. The highest BCUT2D eigenvalue weighted by molar-refractivity contribution is 6.08. The summed E-state index contributed by atoms with van der Waals surface area (Å²) in [7, 11) is 0. The van der Waals surface area contributed by atoms with Gasteiger partial charge >= 0.3 is 5.97 Å². The lowest BCUT2D eigenvalue weighted by molar-refractivity contribution is -0.137. The summed E-state index contributed by atoms with van der Waals surface area (Å²) in [4.78, 5) is 11.2. The fourth-order valence-electron chi connectivity index (χ4n) is 4.43. The molecule has 0 aliphatic rings. The molecule has 0 spiro atoms. The topological polar surface area (TPSA) is 65.6 Å². The van der Waals surface area contributed by atoms with Crippen LogP contribution in [0.15, 0.2) is 91.3 Å². The van der Waals surface area contributed by atoms with E-state index in [1.807, 2.05) is 83.7 Å². The van der Waals surface area contributed by atoms with Crippen LogP contribution in [-0.4, -0.2) is 33.4 Å². The van der Waals surface area contributed by atoms with Crippen molar-refractivity contribution in [3.63, 3.8) is 0 Å². The van der Waals surface area contributed by atoms with Gasteiger partial charge in [-0.15, -0.1) is 0 Å². The van der Waals surface area contributed by atoms with Gasteiger partial charge in [-0.1, -0.05) is 30.3 Å². The van der Waals surface area contributed by atoms with E-state index >= 15 is 0 Å². The molecule has 0 atom stereocenters. The van der Waals surface area contributed by atoms with Crippen molar-refractivity contribution >= 4 is 27.8 Å². The molecule has 0 saturated carbocycles. The van der Waals surface area contributed by atoms with Gasteiger partial charge in [0.05, 0.1) is 30.8 Å². The molecule has 3 aromatic carbocycles. The number of ether oxygens (including phenoxy) is 2. The number of carbonyl (C=O) groups is 1. The first-order valence-electron chi connectivity index (χ1n) is 11.9. The molecule has 0 saturated heterocycles. The summed E-state index contributed by atoms with van der Waals surface area (Å²) < 4.78 is 16.2. The highest BCUT2D eigenvalue weighted by Crippen LogP contribution is 2.32. The van der Waals surface area contributed by atoms with Gasteiger partial charge < -0.3 is 23.7 Å². The molecule has 5 rings (SSSR count). The summed E-state index contributed by atoms with van der Waals surface area (Å²) in [6, 6.07) is 26.2. The van der Waals surface area contributed by atoms with Gasteiger partial charge in [0.25, 0.3) is 0 Å². The predicted molar refractivity (Wildman–Crippen MR) is 138 cm³/mol. The lowest BCUT2D eigenvalue weighted by Gasteiger charge is -2.12. The van der Waals surface area contributed by atoms with Crippen LogP contribution in [0.2, 0.25) is 0 Å². The first kappa shape index (κ1) is 22.6. The molecule has 6 nitrogen and oxygen atoms in total. The third-order valence-corrected chi connectivity index (χ3v) is 6.11. The number of rotatable bonds is 11. The number of hydrogen-bond donors (Lipinski definition) is 1. The number of carboxylic acids is 1. The number of hydrogen-bond acceptors (Lipinski definition) is 3. The lowest BCUT2D eigenvalue weighted by Crippen LogP contribution is -2.05. The fraction of sp³-hybridized carbons (Fsp3) is 0.207. The van der Waals surface area contributed by atoms with Gasteiger partial charge in [-0.2, -0.15) is 0 Å². The minimum Gasteiger partial charge on any atom is -0.494 e. The van der Waals surface area contributed by atoms with Crippen LogP contribution >= 0.6 is 0 Å². The number of fused-ring (bicyclic) bond motifs is 3. The number of benzene rings is 3. The van der Waals surface area contributed by atoms with Crippen molar-refractivity contribution in [2.24, 2.45) is 0 Å². The SMILES string of the molecule is O=C(O)CCn1c2ccccc2c2ccc(OCCCCOc3ccccc3-n3cccc3)cc21. The lowest BCUT2D eigenvalue weighted by atomic mass is 10.1. The maximum Gasteiger partial charge on any atom is 0.305 e. The van der Waals surface area contributed by atoms with Crippen LogP contribution in [0.3, 0.4) is 0 Å². The molecule has 178 valence electrons. The number of aryl methyl sites for hydroxylation is 1. The predicted octanol–water partition coefficient (Wildman–Crippen LogP) is 6.30. The van der Waals surface area contributed by atoms with Crippen LogP contribution in [0, 0.1) is 0 Å². The Bertz CT molecular complexity index is 1440. The van der Waals surface area contributed by atoms with Crippen LogP contribution in [0.1, 0.15) is 19.3 Å². The quantitative estimate of drug-likeness (QED) is 0.231. The number of nitrogens with zero attached hydrogens (tertiary/aromatic N) is 2. The van der Waals surface area contributed by atoms with Gasteiger partial charge in [0.2, 0.25) is 0 Å². The number of unbranched alkanes of at least 4 members (excludes halogenated alkanes) is 1. The zero-order chi connectivity index (χ0) is 24.0. The highest BCUT2D eigenvalue weighted by atomic mass is 16.5. The van der Waals surface area contributed by atoms with E-state index in [9.17, 15) is 9.90 Å².